The van der Waals surface area contributed by atoms with Crippen molar-refractivity contribution in [2.45, 2.75) is 296 Å². The molecule has 0 aromatic rings. The monoisotopic (exact) mass is 832 g/mol. The van der Waals surface area contributed by atoms with E-state index >= 15 is 0 Å². The lowest BCUT2D eigenvalue weighted by Crippen LogP contribution is -2.46. The third kappa shape index (κ3) is 42.8. The van der Waals surface area contributed by atoms with E-state index in [1.54, 1.807) is 0 Å². The second-order valence-electron chi connectivity index (χ2n) is 17.9. The van der Waals surface area contributed by atoms with Gasteiger partial charge in [0.2, 0.25) is 5.91 Å². The minimum Gasteiger partial charge on any atom is -0.462 e. The zero-order valence-corrected chi connectivity index (χ0v) is 39.7. The van der Waals surface area contributed by atoms with Crippen molar-refractivity contribution in [3.8, 4) is 0 Å². The molecule has 0 saturated carbocycles. The van der Waals surface area contributed by atoms with Crippen molar-refractivity contribution in [3.63, 3.8) is 0 Å². The molecule has 3 unspecified atom stereocenters. The third-order valence-electron chi connectivity index (χ3n) is 12.0. The van der Waals surface area contributed by atoms with Gasteiger partial charge in [-0.25, -0.2) is 0 Å². The van der Waals surface area contributed by atoms with E-state index in [0.717, 1.165) is 64.2 Å². The van der Waals surface area contributed by atoms with Crippen molar-refractivity contribution in [3.05, 3.63) is 24.3 Å². The lowest BCUT2D eigenvalue weighted by Gasteiger charge is -2.24. The molecule has 0 heterocycles. The molecule has 6 heteroatoms. The van der Waals surface area contributed by atoms with E-state index in [1.165, 1.54) is 167 Å². The van der Waals surface area contributed by atoms with Gasteiger partial charge in [0.1, 0.15) is 6.10 Å². The van der Waals surface area contributed by atoms with Gasteiger partial charge in [-0.1, -0.05) is 231 Å². The van der Waals surface area contributed by atoms with Crippen LogP contribution in [0.5, 0.6) is 0 Å². The summed E-state index contributed by atoms with van der Waals surface area (Å²) >= 11 is 0. The number of carbonyl (C=O) groups is 2. The summed E-state index contributed by atoms with van der Waals surface area (Å²) in [5, 5.41) is 23.7. The molecule has 0 bridgehead atoms. The number of hydrogen-bond acceptors (Lipinski definition) is 5. The fourth-order valence-corrected chi connectivity index (χ4v) is 8.05. The number of ether oxygens (including phenoxy) is 1. The van der Waals surface area contributed by atoms with Crippen LogP contribution in [-0.4, -0.2) is 46.9 Å². The first-order valence-electron chi connectivity index (χ1n) is 26.1. The Kier molecular flexibility index (Phi) is 46.1. The van der Waals surface area contributed by atoms with Crippen molar-refractivity contribution >= 4 is 11.9 Å². The molecule has 0 spiro atoms. The Morgan fingerprint density at radius 2 is 0.864 bits per heavy atom. The normalized spacial score (nSPS) is 13.4. The molecule has 0 fully saturated rings. The highest BCUT2D eigenvalue weighted by molar-refractivity contribution is 5.77. The molecule has 0 aliphatic heterocycles. The molecule has 3 atom stereocenters. The number of rotatable bonds is 47. The first-order chi connectivity index (χ1) is 29.0. The molecular weight excluding hydrogens is 731 g/mol. The quantitative estimate of drug-likeness (QED) is 0.0322. The van der Waals surface area contributed by atoms with Gasteiger partial charge >= 0.3 is 5.97 Å². The molecule has 3 N–H and O–H groups in total. The molecule has 6 nitrogen and oxygen atoms in total. The van der Waals surface area contributed by atoms with E-state index in [4.69, 9.17) is 4.74 Å². The smallest absolute Gasteiger partial charge is 0.306 e. The summed E-state index contributed by atoms with van der Waals surface area (Å²) in [5.41, 5.74) is 0. The third-order valence-corrected chi connectivity index (χ3v) is 12.0. The predicted octanol–water partition coefficient (Wildman–Crippen LogP) is 15.5. The van der Waals surface area contributed by atoms with Gasteiger partial charge in [0.25, 0.3) is 0 Å². The Morgan fingerprint density at radius 3 is 1.32 bits per heavy atom. The fourth-order valence-electron chi connectivity index (χ4n) is 8.05. The number of amides is 1. The molecular formula is C53H101NO5. The number of esters is 1. The number of hydrogen-bond donors (Lipinski definition) is 3. The van der Waals surface area contributed by atoms with Crippen LogP contribution in [0.15, 0.2) is 24.3 Å². The van der Waals surface area contributed by atoms with Gasteiger partial charge in [0.15, 0.2) is 0 Å². The van der Waals surface area contributed by atoms with Crippen LogP contribution < -0.4 is 5.32 Å². The zero-order valence-electron chi connectivity index (χ0n) is 39.7. The molecule has 0 rings (SSSR count). The standard InChI is InChI=1S/C53H101NO5/c1-4-7-10-13-16-19-22-24-26-27-30-32-35-38-41-44-49(59-53(58)46-43-40-37-34-31-28-25-23-20-17-14-11-8-5-2)47-52(57)54-50(48-55)51(56)45-42-39-36-33-29-21-18-15-12-9-6-3/h16,19,24,26,49-51,55-56H,4-15,17-18,20-23,25,27-48H2,1-3H3,(H,54,57)/b19-16-,26-24-. The molecule has 59 heavy (non-hydrogen) atoms. The van der Waals surface area contributed by atoms with Crippen molar-refractivity contribution < 1.29 is 24.5 Å². The Hall–Kier alpha value is -1.66. The maximum atomic E-state index is 13.2. The Bertz CT molecular complexity index is 935. The molecule has 0 aliphatic carbocycles. The summed E-state index contributed by atoms with van der Waals surface area (Å²) in [6.45, 7) is 6.46. The number of allylic oxidation sites excluding steroid dienone is 4. The molecule has 0 radical (unpaired) electrons. The summed E-state index contributed by atoms with van der Waals surface area (Å²) in [6, 6.07) is -0.701. The second kappa shape index (κ2) is 47.4. The number of aliphatic hydroxyl groups excluding tert-OH is 2. The highest BCUT2D eigenvalue weighted by Gasteiger charge is 2.24. The minimum absolute atomic E-state index is 0.0734. The number of aliphatic hydroxyl groups is 2. The van der Waals surface area contributed by atoms with Crippen LogP contribution in [0.3, 0.4) is 0 Å². The minimum atomic E-state index is -0.786. The summed E-state index contributed by atoms with van der Waals surface area (Å²) in [4.78, 5) is 26.1. The zero-order chi connectivity index (χ0) is 43.1. The van der Waals surface area contributed by atoms with E-state index in [1.807, 2.05) is 0 Å². The molecule has 0 aliphatic rings. The van der Waals surface area contributed by atoms with Gasteiger partial charge in [-0.2, -0.15) is 0 Å². The maximum Gasteiger partial charge on any atom is 0.306 e. The first kappa shape index (κ1) is 57.3. The highest BCUT2D eigenvalue weighted by atomic mass is 16.5. The molecule has 1 amide bonds. The van der Waals surface area contributed by atoms with Gasteiger partial charge in [-0.05, 0) is 57.8 Å². The van der Waals surface area contributed by atoms with Crippen LogP contribution in [-0.2, 0) is 14.3 Å². The largest absolute Gasteiger partial charge is 0.462 e. The molecule has 348 valence electrons. The van der Waals surface area contributed by atoms with E-state index in [-0.39, 0.29) is 24.9 Å². The Balaban J connectivity index is 4.58. The Labute approximate surface area is 367 Å². The Morgan fingerprint density at radius 1 is 0.492 bits per heavy atom. The van der Waals surface area contributed by atoms with Crippen LogP contribution in [0, 0.1) is 0 Å². The van der Waals surface area contributed by atoms with Crippen LogP contribution in [0.1, 0.15) is 278 Å². The lowest BCUT2D eigenvalue weighted by atomic mass is 10.0. The fraction of sp³-hybridized carbons (Fsp3) is 0.887. The van der Waals surface area contributed by atoms with Crippen LogP contribution in [0.4, 0.5) is 0 Å². The second-order valence-corrected chi connectivity index (χ2v) is 17.9. The van der Waals surface area contributed by atoms with Crippen molar-refractivity contribution in [1.82, 2.24) is 5.32 Å². The summed E-state index contributed by atoms with van der Waals surface area (Å²) in [6.07, 6.45) is 53.7. The first-order valence-corrected chi connectivity index (χ1v) is 26.1. The van der Waals surface area contributed by atoms with Gasteiger partial charge in [-0.15, -0.1) is 0 Å². The van der Waals surface area contributed by atoms with Crippen molar-refractivity contribution in [2.24, 2.45) is 0 Å². The number of nitrogens with one attached hydrogen (secondary N) is 1. The average Bonchev–Trinajstić information content (AvgIpc) is 3.23. The average molecular weight is 832 g/mol. The molecule has 0 saturated heterocycles. The van der Waals surface area contributed by atoms with Gasteiger partial charge in [0.05, 0.1) is 25.2 Å². The maximum absolute atomic E-state index is 13.2. The molecule has 0 aromatic heterocycles. The SMILES string of the molecule is CCCCC/C=C\C/C=C\CCCCCCCC(CC(=O)NC(CO)C(O)CCCCCCCCCCCCC)OC(=O)CCCCCCCCCCCCCCCC. The van der Waals surface area contributed by atoms with Gasteiger partial charge in [0, 0.05) is 6.42 Å². The van der Waals surface area contributed by atoms with Gasteiger partial charge in [-0.3, -0.25) is 9.59 Å². The summed E-state index contributed by atoms with van der Waals surface area (Å²) in [5.74, 6) is -0.474. The molecule has 0 aromatic carbocycles. The van der Waals surface area contributed by atoms with Crippen molar-refractivity contribution in [2.75, 3.05) is 6.61 Å². The van der Waals surface area contributed by atoms with Crippen LogP contribution in [0.2, 0.25) is 0 Å². The van der Waals surface area contributed by atoms with E-state index in [0.29, 0.717) is 19.3 Å². The lowest BCUT2D eigenvalue weighted by molar-refractivity contribution is -0.151. The van der Waals surface area contributed by atoms with Crippen molar-refractivity contribution in [1.29, 1.82) is 0 Å². The highest BCUT2D eigenvalue weighted by Crippen LogP contribution is 2.18. The summed E-state index contributed by atoms with van der Waals surface area (Å²) in [7, 11) is 0. The summed E-state index contributed by atoms with van der Waals surface area (Å²) < 4.78 is 5.93. The van der Waals surface area contributed by atoms with Crippen LogP contribution in [0.25, 0.3) is 0 Å². The topological polar surface area (TPSA) is 95.9 Å². The predicted molar refractivity (Wildman–Crippen MR) is 255 cm³/mol. The van der Waals surface area contributed by atoms with E-state index in [9.17, 15) is 19.8 Å². The number of unbranched alkanes of at least 4 members (excludes halogenated alkanes) is 31. The van der Waals surface area contributed by atoms with E-state index in [2.05, 4.69) is 50.4 Å². The van der Waals surface area contributed by atoms with Gasteiger partial charge < -0.3 is 20.3 Å². The van der Waals surface area contributed by atoms with Crippen LogP contribution >= 0.6 is 0 Å². The van der Waals surface area contributed by atoms with E-state index < -0.39 is 18.2 Å². The number of carbonyl (C=O) groups excluding carboxylic acids is 2.